The normalized spacial score (nSPS) is 17.1. The second kappa shape index (κ2) is 4.75. The summed E-state index contributed by atoms with van der Waals surface area (Å²) < 4.78 is 0. The fraction of sp³-hybridized carbons (Fsp3) is 0. The van der Waals surface area contributed by atoms with Crippen LogP contribution in [0.25, 0.3) is 0 Å². The van der Waals surface area contributed by atoms with Crippen molar-refractivity contribution in [2.24, 2.45) is 0 Å². The van der Waals surface area contributed by atoms with Crippen LogP contribution in [-0.4, -0.2) is 22.6 Å². The molecular formula is H6B3CuN3. The zero-order valence-corrected chi connectivity index (χ0v) is 4.86. The summed E-state index contributed by atoms with van der Waals surface area (Å²) in [6.07, 6.45) is 0. The van der Waals surface area contributed by atoms with Crippen LogP contribution in [-0.2, 0) is 17.1 Å². The molecule has 0 bridgehead atoms. The number of hydrogen-bond donors (Lipinski definition) is 3. The second-order valence-corrected chi connectivity index (χ2v) is 1.28. The van der Waals surface area contributed by atoms with Gasteiger partial charge in [0.1, 0.15) is 0 Å². The average molecular weight is 144 g/mol. The summed E-state index contributed by atoms with van der Waals surface area (Å²) >= 11 is 0. The van der Waals surface area contributed by atoms with Gasteiger partial charge in [-0.05, 0) is 0 Å². The maximum Gasteiger partial charge on any atom is 0.265 e. The van der Waals surface area contributed by atoms with Crippen molar-refractivity contribution in [1.82, 2.24) is 15.4 Å². The molecule has 1 aliphatic heterocycles. The second-order valence-electron chi connectivity index (χ2n) is 1.28. The molecule has 1 fully saturated rings. The first kappa shape index (κ1) is 7.59. The minimum absolute atomic E-state index is 0. The molecule has 7 heteroatoms. The van der Waals surface area contributed by atoms with Crippen molar-refractivity contribution in [3.05, 3.63) is 0 Å². The van der Waals surface area contributed by atoms with Gasteiger partial charge in [0.15, 0.2) is 0 Å². The topological polar surface area (TPSA) is 36.1 Å². The van der Waals surface area contributed by atoms with Crippen LogP contribution in [0.3, 0.4) is 0 Å². The minimum Gasteiger partial charge on any atom is -0.378 e. The maximum atomic E-state index is 3.06. The molecule has 1 radical (unpaired) electrons. The van der Waals surface area contributed by atoms with Gasteiger partial charge in [-0.25, -0.2) is 0 Å². The van der Waals surface area contributed by atoms with Crippen LogP contribution in [0.15, 0.2) is 0 Å². The van der Waals surface area contributed by atoms with Crippen molar-refractivity contribution >= 4 is 22.6 Å². The fourth-order valence-electron chi connectivity index (χ4n) is 0.453. The van der Waals surface area contributed by atoms with Crippen molar-refractivity contribution < 1.29 is 17.1 Å². The number of nitrogens with one attached hydrogen (secondary N) is 3. The van der Waals surface area contributed by atoms with Crippen LogP contribution in [0, 0.1) is 0 Å². The Morgan fingerprint density at radius 2 is 1.00 bits per heavy atom. The Kier molecular flexibility index (Phi) is 5.15. The predicted molar refractivity (Wildman–Crippen MR) is 30.9 cm³/mol. The molecule has 0 aromatic carbocycles. The molecule has 3 N–H and O–H groups in total. The molecule has 0 aromatic heterocycles. The zero-order valence-electron chi connectivity index (χ0n) is 3.92. The smallest absolute Gasteiger partial charge is 0.265 e. The van der Waals surface area contributed by atoms with Gasteiger partial charge in [0.05, 0.1) is 0 Å². The van der Waals surface area contributed by atoms with Crippen molar-refractivity contribution in [1.29, 1.82) is 0 Å². The fourth-order valence-corrected chi connectivity index (χ4v) is 0.453. The van der Waals surface area contributed by atoms with E-state index in [4.69, 9.17) is 0 Å². The van der Waals surface area contributed by atoms with E-state index in [1.54, 1.807) is 0 Å². The van der Waals surface area contributed by atoms with E-state index in [9.17, 15) is 0 Å². The van der Waals surface area contributed by atoms with E-state index < -0.39 is 0 Å². The molecule has 1 rings (SSSR count). The van der Waals surface area contributed by atoms with Crippen LogP contribution < -0.4 is 15.4 Å². The SMILES string of the molecule is B1NBNBN1.[Cu]. The van der Waals surface area contributed by atoms with Gasteiger partial charge in [-0.1, -0.05) is 0 Å². The molecule has 0 atom stereocenters. The van der Waals surface area contributed by atoms with Crippen molar-refractivity contribution in [2.45, 2.75) is 0 Å². The van der Waals surface area contributed by atoms with Gasteiger partial charge >= 0.3 is 0 Å². The van der Waals surface area contributed by atoms with Crippen molar-refractivity contribution in [2.75, 3.05) is 0 Å². The summed E-state index contributed by atoms with van der Waals surface area (Å²) in [5.41, 5.74) is 0. The first-order valence-corrected chi connectivity index (χ1v) is 2.12. The summed E-state index contributed by atoms with van der Waals surface area (Å²) in [4.78, 5) is 0. The molecule has 7 heavy (non-hydrogen) atoms. The Labute approximate surface area is 55.7 Å². The van der Waals surface area contributed by atoms with Gasteiger partial charge in [-0.2, -0.15) is 0 Å². The standard InChI is InChI=1S/B3H6N3.Cu/c1-4-2-6-3-5-1;/h1-6H;. The molecule has 0 spiro atoms. The molecule has 3 nitrogen and oxygen atoms in total. The van der Waals surface area contributed by atoms with Gasteiger partial charge in [-0.3, -0.25) is 0 Å². The van der Waals surface area contributed by atoms with Gasteiger partial charge in [0, 0.05) is 17.1 Å². The van der Waals surface area contributed by atoms with Crippen LogP contribution in [0.2, 0.25) is 0 Å². The van der Waals surface area contributed by atoms with E-state index in [1.807, 2.05) is 0 Å². The van der Waals surface area contributed by atoms with Crippen LogP contribution in [0.1, 0.15) is 0 Å². The third kappa shape index (κ3) is 3.20. The Morgan fingerprint density at radius 3 is 1.14 bits per heavy atom. The molecule has 0 amide bonds. The quantitative estimate of drug-likeness (QED) is 0.310. The molecule has 1 saturated heterocycles. The molecule has 1 aliphatic rings. The Morgan fingerprint density at radius 1 is 0.714 bits per heavy atom. The monoisotopic (exact) mass is 144 g/mol. The Balaban J connectivity index is 0.000000360. The first-order chi connectivity index (χ1) is 3.00. The van der Waals surface area contributed by atoms with Gasteiger partial charge in [-0.15, -0.1) is 0 Å². The van der Waals surface area contributed by atoms with E-state index in [-0.39, 0.29) is 17.1 Å². The van der Waals surface area contributed by atoms with Crippen LogP contribution in [0.5, 0.6) is 0 Å². The molecule has 0 unspecified atom stereocenters. The van der Waals surface area contributed by atoms with Crippen molar-refractivity contribution in [3.8, 4) is 0 Å². The van der Waals surface area contributed by atoms with Gasteiger partial charge in [0.2, 0.25) is 0 Å². The molecular weight excluding hydrogens is 138 g/mol. The number of hydrogen-bond acceptors (Lipinski definition) is 3. The van der Waals surface area contributed by atoms with E-state index >= 15 is 0 Å². The Hall–Kier alpha value is 0.594. The van der Waals surface area contributed by atoms with Gasteiger partial charge in [0.25, 0.3) is 22.6 Å². The summed E-state index contributed by atoms with van der Waals surface area (Å²) in [6.45, 7) is 0. The average Bonchev–Trinajstić information content (AvgIpc) is 1.72. The predicted octanol–water partition coefficient (Wildman–Crippen LogP) is -3.43. The first-order valence-electron chi connectivity index (χ1n) is 2.12. The van der Waals surface area contributed by atoms with E-state index in [1.165, 1.54) is 0 Å². The molecule has 0 aromatic rings. The van der Waals surface area contributed by atoms with Crippen molar-refractivity contribution in [3.63, 3.8) is 0 Å². The summed E-state index contributed by atoms with van der Waals surface area (Å²) in [7, 11) is 2.81. The molecule has 0 saturated carbocycles. The number of rotatable bonds is 0. The zero-order chi connectivity index (χ0) is 4.24. The minimum atomic E-state index is 0. The summed E-state index contributed by atoms with van der Waals surface area (Å²) in [6, 6.07) is 0. The molecule has 41 valence electrons. The third-order valence-electron chi connectivity index (χ3n) is 0.750. The van der Waals surface area contributed by atoms with E-state index in [0.29, 0.717) is 0 Å². The molecule has 1 heterocycles. The summed E-state index contributed by atoms with van der Waals surface area (Å²) in [5.74, 6) is 0. The van der Waals surface area contributed by atoms with Gasteiger partial charge < -0.3 is 15.4 Å². The largest absolute Gasteiger partial charge is 0.378 e. The van der Waals surface area contributed by atoms with Crippen LogP contribution in [0.4, 0.5) is 0 Å². The third-order valence-corrected chi connectivity index (χ3v) is 0.750. The van der Waals surface area contributed by atoms with E-state index in [0.717, 1.165) is 22.6 Å². The molecule has 0 aliphatic carbocycles. The van der Waals surface area contributed by atoms with E-state index in [2.05, 4.69) is 15.4 Å². The maximum absolute atomic E-state index is 3.06. The van der Waals surface area contributed by atoms with Crippen LogP contribution >= 0.6 is 0 Å². The summed E-state index contributed by atoms with van der Waals surface area (Å²) in [5, 5.41) is 9.19. The Bertz CT molecular complexity index is 25.7.